The minimum atomic E-state index is -1.42. The molecule has 0 spiro atoms. The molecule has 0 amide bonds. The molecule has 0 unspecified atom stereocenters. The molecule has 0 saturated heterocycles. The molecule has 2 aromatic heterocycles. The Kier molecular flexibility index (Phi) is 5.39. The van der Waals surface area contributed by atoms with Crippen molar-refractivity contribution in [2.24, 2.45) is 7.05 Å². The Morgan fingerprint density at radius 1 is 1.27 bits per heavy atom. The second-order valence-electron chi connectivity index (χ2n) is 7.98. The van der Waals surface area contributed by atoms with Gasteiger partial charge in [0.25, 0.3) is 5.56 Å². The number of carboxylic acid groups (broad SMARTS) is 1. The van der Waals surface area contributed by atoms with Crippen LogP contribution in [0.2, 0.25) is 0 Å². The van der Waals surface area contributed by atoms with Gasteiger partial charge >= 0.3 is 5.97 Å². The summed E-state index contributed by atoms with van der Waals surface area (Å²) in [5.74, 6) is -1.83. The topological polar surface area (TPSA) is 107 Å². The lowest BCUT2D eigenvalue weighted by Gasteiger charge is -2.13. The maximum atomic E-state index is 12.4. The van der Waals surface area contributed by atoms with Crippen molar-refractivity contribution in [1.29, 1.82) is 0 Å². The Balaban J connectivity index is 1.83. The number of benzene rings is 1. The van der Waals surface area contributed by atoms with Gasteiger partial charge in [0, 0.05) is 41.3 Å². The number of aryl methyl sites for hydroxylation is 2. The highest BCUT2D eigenvalue weighted by molar-refractivity contribution is 5.93. The zero-order chi connectivity index (χ0) is 21.4. The predicted molar refractivity (Wildman–Crippen MR) is 116 cm³/mol. The Morgan fingerprint density at radius 3 is 2.80 bits per heavy atom. The predicted octanol–water partition coefficient (Wildman–Crippen LogP) is 3.32. The number of nitrogens with one attached hydrogen (secondary N) is 2. The van der Waals surface area contributed by atoms with Crippen LogP contribution in [0.25, 0.3) is 22.2 Å². The number of H-pyrrole nitrogens is 1. The van der Waals surface area contributed by atoms with Crippen LogP contribution in [0.1, 0.15) is 53.4 Å². The normalized spacial score (nSPS) is 13.1. The lowest BCUT2D eigenvalue weighted by Crippen LogP contribution is -2.20. The van der Waals surface area contributed by atoms with Crippen LogP contribution < -0.4 is 10.9 Å². The van der Waals surface area contributed by atoms with Crippen LogP contribution >= 0.6 is 0 Å². The zero-order valence-electron chi connectivity index (χ0n) is 17.3. The fraction of sp³-hybridized carbons (Fsp3) is 0.391. The van der Waals surface area contributed by atoms with E-state index < -0.39 is 22.8 Å². The second kappa shape index (κ2) is 7.99. The van der Waals surface area contributed by atoms with Crippen LogP contribution in [0, 0.1) is 0 Å². The number of pyridine rings is 1. The van der Waals surface area contributed by atoms with E-state index >= 15 is 0 Å². The quantitative estimate of drug-likeness (QED) is 0.467. The summed E-state index contributed by atoms with van der Waals surface area (Å²) in [6, 6.07) is 6.33. The SMILES string of the molecule is CCCCNCc1cc2cc3c(cc2n1C)CCCc1c-3[nH]c(=O)c(C(=O)O)c1O. The first-order chi connectivity index (χ1) is 14.4. The van der Waals surface area contributed by atoms with Gasteiger partial charge in [0.15, 0.2) is 5.56 Å². The molecule has 0 atom stereocenters. The zero-order valence-corrected chi connectivity index (χ0v) is 17.3. The van der Waals surface area contributed by atoms with Gasteiger partial charge in [0.05, 0.1) is 5.69 Å². The molecular weight excluding hydrogens is 382 g/mol. The van der Waals surface area contributed by atoms with Crippen LogP contribution in [-0.2, 0) is 26.4 Å². The number of aromatic carboxylic acids is 1. The molecule has 1 aliphatic carbocycles. The molecule has 7 nitrogen and oxygen atoms in total. The van der Waals surface area contributed by atoms with Gasteiger partial charge in [-0.2, -0.15) is 0 Å². The Labute approximate surface area is 174 Å². The van der Waals surface area contributed by atoms with Crippen LogP contribution in [0.15, 0.2) is 23.0 Å². The fourth-order valence-electron chi connectivity index (χ4n) is 4.37. The third-order valence-corrected chi connectivity index (χ3v) is 6.03. The van der Waals surface area contributed by atoms with E-state index in [1.54, 1.807) is 0 Å². The number of carbonyl (C=O) groups is 1. The number of aromatic hydroxyl groups is 1. The van der Waals surface area contributed by atoms with Gasteiger partial charge in [0.2, 0.25) is 0 Å². The van der Waals surface area contributed by atoms with Crippen molar-refractivity contribution in [3.05, 3.63) is 50.9 Å². The average molecular weight is 409 g/mol. The molecule has 0 bridgehead atoms. The third kappa shape index (κ3) is 3.39. The molecule has 158 valence electrons. The van der Waals surface area contributed by atoms with Crippen molar-refractivity contribution >= 4 is 16.9 Å². The molecule has 1 aliphatic rings. The number of nitrogens with zero attached hydrogens (tertiary/aromatic N) is 1. The van der Waals surface area contributed by atoms with Gasteiger partial charge < -0.3 is 25.1 Å². The van der Waals surface area contributed by atoms with Crippen molar-refractivity contribution in [3.63, 3.8) is 0 Å². The first-order valence-electron chi connectivity index (χ1n) is 10.5. The van der Waals surface area contributed by atoms with Crippen LogP contribution in [0.4, 0.5) is 0 Å². The van der Waals surface area contributed by atoms with E-state index in [1.807, 2.05) is 6.07 Å². The van der Waals surface area contributed by atoms with Crippen molar-refractivity contribution in [2.75, 3.05) is 6.54 Å². The summed E-state index contributed by atoms with van der Waals surface area (Å²) in [7, 11) is 2.06. The maximum Gasteiger partial charge on any atom is 0.345 e. The third-order valence-electron chi connectivity index (χ3n) is 6.03. The molecular formula is C23H27N3O4. The number of hydrogen-bond acceptors (Lipinski definition) is 4. The van der Waals surface area contributed by atoms with Gasteiger partial charge in [0.1, 0.15) is 5.75 Å². The molecule has 0 radical (unpaired) electrons. The molecule has 0 fully saturated rings. The van der Waals surface area contributed by atoms with Gasteiger partial charge in [-0.3, -0.25) is 4.79 Å². The maximum absolute atomic E-state index is 12.4. The highest BCUT2D eigenvalue weighted by Crippen LogP contribution is 2.38. The van der Waals surface area contributed by atoms with Crippen molar-refractivity contribution in [3.8, 4) is 17.0 Å². The number of aromatic amines is 1. The summed E-state index contributed by atoms with van der Waals surface area (Å²) < 4.78 is 2.19. The lowest BCUT2D eigenvalue weighted by molar-refractivity contribution is 0.0691. The molecule has 2 heterocycles. The number of aromatic nitrogens is 2. The first-order valence-corrected chi connectivity index (χ1v) is 10.5. The Hall–Kier alpha value is -3.06. The number of rotatable bonds is 6. The van der Waals surface area contributed by atoms with Gasteiger partial charge in [-0.1, -0.05) is 13.3 Å². The highest BCUT2D eigenvalue weighted by Gasteiger charge is 2.26. The molecule has 1 aromatic carbocycles. The molecule has 7 heteroatoms. The minimum absolute atomic E-state index is 0.414. The average Bonchev–Trinajstić information content (AvgIpc) is 2.89. The minimum Gasteiger partial charge on any atom is -0.506 e. The highest BCUT2D eigenvalue weighted by atomic mass is 16.4. The van der Waals surface area contributed by atoms with Crippen molar-refractivity contribution < 1.29 is 15.0 Å². The number of carboxylic acids is 1. The second-order valence-corrected chi connectivity index (χ2v) is 7.98. The Morgan fingerprint density at radius 2 is 2.07 bits per heavy atom. The number of fused-ring (bicyclic) bond motifs is 4. The van der Waals surface area contributed by atoms with E-state index in [1.165, 1.54) is 5.69 Å². The van der Waals surface area contributed by atoms with E-state index in [9.17, 15) is 19.8 Å². The van der Waals surface area contributed by atoms with Crippen LogP contribution in [0.3, 0.4) is 0 Å². The molecule has 4 N–H and O–H groups in total. The Bertz CT molecular complexity index is 1190. The standard InChI is InChI=1S/C23H27N3O4/c1-3-4-8-24-12-15-9-14-10-17-13(11-18(14)26(15)2)6-5-7-16-20(17)25-22(28)19(21(16)27)23(29)30/h9-11,24H,3-8,12H2,1-2H3,(H,29,30)(H2,25,27,28). The molecule has 3 aromatic rings. The van der Waals surface area contributed by atoms with E-state index in [4.69, 9.17) is 0 Å². The smallest absolute Gasteiger partial charge is 0.345 e. The summed E-state index contributed by atoms with van der Waals surface area (Å²) in [6.07, 6.45) is 4.36. The molecule has 4 rings (SSSR count). The van der Waals surface area contributed by atoms with Crippen molar-refractivity contribution in [1.82, 2.24) is 14.9 Å². The van der Waals surface area contributed by atoms with Crippen LogP contribution in [0.5, 0.6) is 5.75 Å². The summed E-state index contributed by atoms with van der Waals surface area (Å²) in [5.41, 5.74) is 3.92. The van der Waals surface area contributed by atoms with Gasteiger partial charge in [-0.05, 0) is 56.0 Å². The van der Waals surface area contributed by atoms with E-state index in [0.717, 1.165) is 60.8 Å². The van der Waals surface area contributed by atoms with Gasteiger partial charge in [-0.15, -0.1) is 0 Å². The number of unbranched alkanes of at least 4 members (excludes halogenated alkanes) is 1. The van der Waals surface area contributed by atoms with E-state index in [2.05, 4.69) is 41.0 Å². The van der Waals surface area contributed by atoms with E-state index in [-0.39, 0.29) is 0 Å². The van der Waals surface area contributed by atoms with Gasteiger partial charge in [-0.25, -0.2) is 4.79 Å². The van der Waals surface area contributed by atoms with Crippen LogP contribution in [-0.4, -0.2) is 32.3 Å². The summed E-state index contributed by atoms with van der Waals surface area (Å²) >= 11 is 0. The van der Waals surface area contributed by atoms with E-state index in [0.29, 0.717) is 17.7 Å². The first kappa shape index (κ1) is 20.2. The van der Waals surface area contributed by atoms with Crippen molar-refractivity contribution in [2.45, 2.75) is 45.6 Å². The summed E-state index contributed by atoms with van der Waals surface area (Å²) in [4.78, 5) is 26.5. The molecule has 0 saturated carbocycles. The molecule has 0 aliphatic heterocycles. The monoisotopic (exact) mass is 409 g/mol. The lowest BCUT2D eigenvalue weighted by atomic mass is 9.98. The summed E-state index contributed by atoms with van der Waals surface area (Å²) in [5, 5.41) is 24.4. The largest absolute Gasteiger partial charge is 0.506 e. The number of hydrogen-bond donors (Lipinski definition) is 4. The summed E-state index contributed by atoms with van der Waals surface area (Å²) in [6.45, 7) is 3.94. The molecule has 30 heavy (non-hydrogen) atoms. The fourth-order valence-corrected chi connectivity index (χ4v) is 4.37.